The van der Waals surface area contributed by atoms with Crippen molar-refractivity contribution in [3.8, 4) is 0 Å². The van der Waals surface area contributed by atoms with Crippen molar-refractivity contribution in [3.05, 3.63) is 72.2 Å². The number of carbonyl (C=O) groups excluding carboxylic acids is 2. The monoisotopic (exact) mass is 382 g/mol. The summed E-state index contributed by atoms with van der Waals surface area (Å²) in [4.78, 5) is 26.9. The predicted molar refractivity (Wildman–Crippen MR) is 106 cm³/mol. The average Bonchev–Trinajstić information content (AvgIpc) is 3.18. The van der Waals surface area contributed by atoms with E-state index in [1.54, 1.807) is 24.0 Å². The van der Waals surface area contributed by atoms with Gasteiger partial charge >= 0.3 is 0 Å². The molecule has 6 nitrogen and oxygen atoms in total. The Morgan fingerprint density at radius 3 is 2.50 bits per heavy atom. The molecule has 0 aliphatic carbocycles. The Labute approximate surface area is 164 Å². The third-order valence-corrected chi connectivity index (χ3v) is 5.41. The van der Waals surface area contributed by atoms with Crippen LogP contribution in [0.25, 0.3) is 0 Å². The van der Waals surface area contributed by atoms with Crippen LogP contribution in [0.2, 0.25) is 0 Å². The summed E-state index contributed by atoms with van der Waals surface area (Å²) in [6.45, 7) is 6.36. The van der Waals surface area contributed by atoms with E-state index in [-0.39, 0.29) is 18.4 Å². The van der Waals surface area contributed by atoms with Gasteiger partial charge in [-0.25, -0.2) is 0 Å². The lowest BCUT2D eigenvalue weighted by Gasteiger charge is -2.41. The molecule has 2 amide bonds. The van der Waals surface area contributed by atoms with Crippen molar-refractivity contribution in [1.29, 1.82) is 0 Å². The number of nitrogens with one attached hydrogen (secondary N) is 1. The molecule has 1 atom stereocenters. The van der Waals surface area contributed by atoms with Crippen LogP contribution in [0.4, 0.5) is 0 Å². The fraction of sp³-hybridized carbons (Fsp3) is 0.364. The first-order chi connectivity index (χ1) is 13.5. The number of carbonyl (C=O) groups is 2. The van der Waals surface area contributed by atoms with Crippen molar-refractivity contribution >= 4 is 11.8 Å². The molecule has 3 rings (SSSR count). The average molecular weight is 382 g/mol. The fourth-order valence-electron chi connectivity index (χ4n) is 3.73. The van der Waals surface area contributed by atoms with Gasteiger partial charge in [-0.1, -0.05) is 36.9 Å². The smallest absolute Gasteiger partial charge is 0.245 e. The maximum absolute atomic E-state index is 13.2. The van der Waals surface area contributed by atoms with Crippen molar-refractivity contribution in [1.82, 2.24) is 10.2 Å². The molecule has 1 aromatic carbocycles. The van der Waals surface area contributed by atoms with Gasteiger partial charge in [0.2, 0.25) is 11.8 Å². The van der Waals surface area contributed by atoms with E-state index >= 15 is 0 Å². The zero-order chi connectivity index (χ0) is 20.1. The van der Waals surface area contributed by atoms with Gasteiger partial charge in [0.15, 0.2) is 0 Å². The van der Waals surface area contributed by atoms with Gasteiger partial charge in [0, 0.05) is 13.1 Å². The van der Waals surface area contributed by atoms with Crippen LogP contribution in [0.3, 0.4) is 0 Å². The van der Waals surface area contributed by atoms with Crippen LogP contribution < -0.4 is 5.32 Å². The number of hydrogen-bond acceptors (Lipinski definition) is 4. The first kappa shape index (κ1) is 19.9. The van der Waals surface area contributed by atoms with Gasteiger partial charge in [-0.3, -0.25) is 9.59 Å². The van der Waals surface area contributed by atoms with Crippen LogP contribution in [0, 0.1) is 6.92 Å². The van der Waals surface area contributed by atoms with Crippen molar-refractivity contribution in [3.63, 3.8) is 0 Å². The summed E-state index contributed by atoms with van der Waals surface area (Å²) >= 11 is 0. The molecule has 1 saturated heterocycles. The minimum atomic E-state index is -0.909. The van der Waals surface area contributed by atoms with Gasteiger partial charge in [-0.05, 0) is 43.5 Å². The van der Waals surface area contributed by atoms with Crippen molar-refractivity contribution in [2.75, 3.05) is 19.6 Å². The Bertz CT molecular complexity index is 835. The first-order valence-electron chi connectivity index (χ1n) is 9.46. The highest BCUT2D eigenvalue weighted by Crippen LogP contribution is 2.36. The molecule has 148 valence electrons. The van der Waals surface area contributed by atoms with Gasteiger partial charge in [0.25, 0.3) is 0 Å². The lowest BCUT2D eigenvalue weighted by Crippen LogP contribution is -2.53. The largest absolute Gasteiger partial charge is 0.464 e. The molecule has 2 heterocycles. The van der Waals surface area contributed by atoms with Crippen LogP contribution in [0.1, 0.15) is 36.0 Å². The fourth-order valence-corrected chi connectivity index (χ4v) is 3.73. The normalized spacial score (nSPS) is 17.0. The molecule has 0 radical (unpaired) electrons. The van der Waals surface area contributed by atoms with E-state index in [1.807, 2.05) is 30.3 Å². The Kier molecular flexibility index (Phi) is 5.99. The Balaban J connectivity index is 1.75. The van der Waals surface area contributed by atoms with Crippen molar-refractivity contribution < 1.29 is 19.1 Å². The molecule has 1 aliphatic rings. The molecule has 1 unspecified atom stereocenters. The maximum atomic E-state index is 13.2. The number of nitrogens with zero attached hydrogens (tertiary/aromatic N) is 1. The van der Waals surface area contributed by atoms with E-state index in [1.165, 1.54) is 6.08 Å². The number of aryl methyl sites for hydroxylation is 1. The third kappa shape index (κ3) is 4.02. The number of rotatable bonds is 6. The molecule has 1 fully saturated rings. The number of piperidine rings is 1. The summed E-state index contributed by atoms with van der Waals surface area (Å²) in [7, 11) is 0. The molecule has 28 heavy (non-hydrogen) atoms. The standard InChI is InChI=1S/C22H26N2O4/c1-3-20(26)24-13-11-22(12-14-24,17-7-5-4-6-8-17)21(27)23-15-18(25)19-10-9-16(2)28-19/h3-10,18,25H,1,11-15H2,2H3,(H,23,27). The second-order valence-electron chi connectivity index (χ2n) is 7.15. The van der Waals surface area contributed by atoms with Gasteiger partial charge in [-0.15, -0.1) is 0 Å². The van der Waals surface area contributed by atoms with Gasteiger partial charge in [0.05, 0.1) is 12.0 Å². The van der Waals surface area contributed by atoms with Crippen molar-refractivity contribution in [2.24, 2.45) is 0 Å². The Hall–Kier alpha value is -2.86. The second-order valence-corrected chi connectivity index (χ2v) is 7.15. The van der Waals surface area contributed by atoms with Crippen LogP contribution in [-0.2, 0) is 15.0 Å². The lowest BCUT2D eigenvalue weighted by molar-refractivity contribution is -0.134. The lowest BCUT2D eigenvalue weighted by atomic mass is 9.72. The molecular weight excluding hydrogens is 356 g/mol. The summed E-state index contributed by atoms with van der Waals surface area (Å²) in [5, 5.41) is 13.2. The third-order valence-electron chi connectivity index (χ3n) is 5.41. The highest BCUT2D eigenvalue weighted by atomic mass is 16.4. The van der Waals surface area contributed by atoms with Crippen LogP contribution in [-0.4, -0.2) is 41.5 Å². The van der Waals surface area contributed by atoms with E-state index in [0.29, 0.717) is 37.5 Å². The minimum absolute atomic E-state index is 0.0652. The minimum Gasteiger partial charge on any atom is -0.464 e. The maximum Gasteiger partial charge on any atom is 0.245 e. The number of amides is 2. The molecule has 0 spiro atoms. The van der Waals surface area contributed by atoms with Crippen LogP contribution >= 0.6 is 0 Å². The first-order valence-corrected chi connectivity index (χ1v) is 9.46. The summed E-state index contributed by atoms with van der Waals surface area (Å²) < 4.78 is 5.43. The Morgan fingerprint density at radius 1 is 1.25 bits per heavy atom. The molecule has 1 aliphatic heterocycles. The second kappa shape index (κ2) is 8.44. The SMILES string of the molecule is C=CC(=O)N1CCC(C(=O)NCC(O)c2ccc(C)o2)(c2ccccc2)CC1. The number of hydrogen-bond donors (Lipinski definition) is 2. The summed E-state index contributed by atoms with van der Waals surface area (Å²) in [6, 6.07) is 13.1. The zero-order valence-corrected chi connectivity index (χ0v) is 16.1. The van der Waals surface area contributed by atoms with E-state index < -0.39 is 11.5 Å². The van der Waals surface area contributed by atoms with Crippen molar-refractivity contribution in [2.45, 2.75) is 31.3 Å². The molecule has 2 aromatic rings. The van der Waals surface area contributed by atoms with E-state index in [2.05, 4.69) is 11.9 Å². The van der Waals surface area contributed by atoms with Crippen LogP contribution in [0.5, 0.6) is 0 Å². The molecular formula is C22H26N2O4. The van der Waals surface area contributed by atoms with E-state index in [0.717, 1.165) is 5.56 Å². The Morgan fingerprint density at radius 2 is 1.93 bits per heavy atom. The summed E-state index contributed by atoms with van der Waals surface area (Å²) in [6.07, 6.45) is 1.42. The number of aliphatic hydroxyl groups excluding tert-OH is 1. The van der Waals surface area contributed by atoms with E-state index in [9.17, 15) is 14.7 Å². The number of aliphatic hydroxyl groups is 1. The zero-order valence-electron chi connectivity index (χ0n) is 16.1. The summed E-state index contributed by atoms with van der Waals surface area (Å²) in [5.41, 5.74) is 0.180. The molecule has 6 heteroatoms. The predicted octanol–water partition coefficient (Wildman–Crippen LogP) is 2.48. The highest BCUT2D eigenvalue weighted by Gasteiger charge is 2.43. The number of furan rings is 1. The number of likely N-dealkylation sites (tertiary alicyclic amines) is 1. The summed E-state index contributed by atoms with van der Waals surface area (Å²) in [5.74, 6) is 0.871. The van der Waals surface area contributed by atoms with Crippen LogP contribution in [0.15, 0.2) is 59.5 Å². The molecule has 2 N–H and O–H groups in total. The van der Waals surface area contributed by atoms with E-state index in [4.69, 9.17) is 4.42 Å². The number of benzene rings is 1. The highest BCUT2D eigenvalue weighted by molar-refractivity contribution is 5.90. The quantitative estimate of drug-likeness (QED) is 0.752. The molecule has 0 bridgehead atoms. The van der Waals surface area contributed by atoms with Gasteiger partial charge < -0.3 is 19.7 Å². The molecule has 0 saturated carbocycles. The van der Waals surface area contributed by atoms with Gasteiger partial charge in [0.1, 0.15) is 17.6 Å². The molecule has 1 aromatic heterocycles. The topological polar surface area (TPSA) is 82.8 Å². The van der Waals surface area contributed by atoms with Gasteiger partial charge in [-0.2, -0.15) is 0 Å².